The molecule has 1 amide bonds. The highest BCUT2D eigenvalue weighted by atomic mass is 32.1. The second-order valence-corrected chi connectivity index (χ2v) is 7.10. The predicted octanol–water partition coefficient (Wildman–Crippen LogP) is 4.48. The number of nitrogens with zero attached hydrogens (tertiary/aromatic N) is 1. The Morgan fingerprint density at radius 2 is 1.96 bits per heavy atom. The average molecular weight is 329 g/mol. The van der Waals surface area contributed by atoms with Gasteiger partial charge in [-0.1, -0.05) is 37.1 Å². The van der Waals surface area contributed by atoms with E-state index < -0.39 is 0 Å². The minimum atomic E-state index is 0.199. The van der Waals surface area contributed by atoms with E-state index in [1.807, 2.05) is 35.2 Å². The number of rotatable bonds is 6. The average Bonchev–Trinajstić information content (AvgIpc) is 3.27. The molecule has 0 bridgehead atoms. The number of thiophene rings is 1. The van der Waals surface area contributed by atoms with Crippen LogP contribution in [0, 0.1) is 5.92 Å². The van der Waals surface area contributed by atoms with Crippen LogP contribution in [-0.2, 0) is 17.9 Å². The molecule has 2 aromatic rings. The molecule has 0 radical (unpaired) electrons. The first-order valence-electron chi connectivity index (χ1n) is 8.21. The lowest BCUT2D eigenvalue weighted by molar-refractivity contribution is -0.136. The number of amides is 1. The summed E-state index contributed by atoms with van der Waals surface area (Å²) in [5, 5.41) is 2.07. The molecule has 1 aliphatic rings. The van der Waals surface area contributed by atoms with Crippen molar-refractivity contribution in [3.8, 4) is 5.75 Å². The largest absolute Gasteiger partial charge is 0.496 e. The van der Waals surface area contributed by atoms with Gasteiger partial charge in [-0.25, -0.2) is 0 Å². The van der Waals surface area contributed by atoms with E-state index in [0.29, 0.717) is 19.0 Å². The number of methoxy groups -OCH3 is 1. The van der Waals surface area contributed by atoms with Crippen LogP contribution in [0.1, 0.15) is 36.1 Å². The molecule has 3 rings (SSSR count). The summed E-state index contributed by atoms with van der Waals surface area (Å²) in [7, 11) is 1.68. The first-order chi connectivity index (χ1) is 11.3. The summed E-state index contributed by atoms with van der Waals surface area (Å²) in [4.78, 5) is 16.2. The summed E-state index contributed by atoms with van der Waals surface area (Å²) in [5.41, 5.74) is 1.07. The zero-order valence-corrected chi connectivity index (χ0v) is 14.3. The SMILES string of the molecule is COc1ccccc1CN(Cc1cccs1)C(=O)C1CCCC1. The molecule has 0 atom stereocenters. The third-order valence-electron chi connectivity index (χ3n) is 4.50. The van der Waals surface area contributed by atoms with Crippen molar-refractivity contribution >= 4 is 17.2 Å². The van der Waals surface area contributed by atoms with Crippen LogP contribution < -0.4 is 4.74 Å². The van der Waals surface area contributed by atoms with E-state index >= 15 is 0 Å². The van der Waals surface area contributed by atoms with Crippen LogP contribution in [-0.4, -0.2) is 17.9 Å². The van der Waals surface area contributed by atoms with Crippen LogP contribution in [0.25, 0.3) is 0 Å². The fourth-order valence-corrected chi connectivity index (χ4v) is 3.99. The maximum Gasteiger partial charge on any atom is 0.226 e. The molecular weight excluding hydrogens is 306 g/mol. The van der Waals surface area contributed by atoms with Gasteiger partial charge < -0.3 is 9.64 Å². The van der Waals surface area contributed by atoms with E-state index in [1.165, 1.54) is 17.7 Å². The van der Waals surface area contributed by atoms with E-state index in [2.05, 4.69) is 11.4 Å². The second-order valence-electron chi connectivity index (χ2n) is 6.07. The Balaban J connectivity index is 1.80. The van der Waals surface area contributed by atoms with Crippen molar-refractivity contribution in [1.29, 1.82) is 0 Å². The molecule has 3 nitrogen and oxygen atoms in total. The Kier molecular flexibility index (Phi) is 5.34. The van der Waals surface area contributed by atoms with Crippen molar-refractivity contribution in [3.63, 3.8) is 0 Å². The van der Waals surface area contributed by atoms with Crippen molar-refractivity contribution in [2.45, 2.75) is 38.8 Å². The fraction of sp³-hybridized carbons (Fsp3) is 0.421. The molecule has 0 aliphatic heterocycles. The highest BCUT2D eigenvalue weighted by molar-refractivity contribution is 7.09. The van der Waals surface area contributed by atoms with Crippen LogP contribution in [0.5, 0.6) is 5.75 Å². The quantitative estimate of drug-likeness (QED) is 0.782. The highest BCUT2D eigenvalue weighted by Gasteiger charge is 2.28. The Morgan fingerprint density at radius 1 is 1.17 bits per heavy atom. The van der Waals surface area contributed by atoms with E-state index in [4.69, 9.17) is 4.74 Å². The van der Waals surface area contributed by atoms with Gasteiger partial charge in [0, 0.05) is 22.9 Å². The molecule has 23 heavy (non-hydrogen) atoms. The summed E-state index contributed by atoms with van der Waals surface area (Å²) >= 11 is 1.71. The van der Waals surface area contributed by atoms with Gasteiger partial charge in [0.2, 0.25) is 5.91 Å². The van der Waals surface area contributed by atoms with Gasteiger partial charge in [-0.15, -0.1) is 11.3 Å². The predicted molar refractivity (Wildman–Crippen MR) is 93.5 cm³/mol. The number of hydrogen-bond donors (Lipinski definition) is 0. The molecule has 0 unspecified atom stereocenters. The van der Waals surface area contributed by atoms with Crippen molar-refractivity contribution in [3.05, 3.63) is 52.2 Å². The molecule has 0 saturated heterocycles. The van der Waals surface area contributed by atoms with E-state index in [9.17, 15) is 4.79 Å². The molecule has 1 aromatic carbocycles. The van der Waals surface area contributed by atoms with Gasteiger partial charge in [-0.05, 0) is 30.4 Å². The standard InChI is InChI=1S/C19H23NO2S/c1-22-18-11-5-4-9-16(18)13-20(14-17-10-6-12-23-17)19(21)15-7-2-3-8-15/h4-6,9-12,15H,2-3,7-8,13-14H2,1H3. The molecule has 122 valence electrons. The number of benzene rings is 1. The maximum atomic E-state index is 13.0. The smallest absolute Gasteiger partial charge is 0.226 e. The van der Waals surface area contributed by atoms with E-state index in [-0.39, 0.29) is 5.92 Å². The molecule has 0 N–H and O–H groups in total. The van der Waals surface area contributed by atoms with Crippen molar-refractivity contribution in [1.82, 2.24) is 4.90 Å². The molecule has 1 saturated carbocycles. The van der Waals surface area contributed by atoms with Crippen molar-refractivity contribution in [2.24, 2.45) is 5.92 Å². The summed E-state index contributed by atoms with van der Waals surface area (Å²) < 4.78 is 5.45. The van der Waals surface area contributed by atoms with E-state index in [0.717, 1.165) is 24.2 Å². The molecule has 1 heterocycles. The first kappa shape index (κ1) is 16.1. The molecule has 1 aromatic heterocycles. The first-order valence-corrected chi connectivity index (χ1v) is 9.09. The van der Waals surface area contributed by atoms with Gasteiger partial charge in [-0.3, -0.25) is 4.79 Å². The highest BCUT2D eigenvalue weighted by Crippen LogP contribution is 2.29. The van der Waals surface area contributed by atoms with Crippen molar-refractivity contribution in [2.75, 3.05) is 7.11 Å². The minimum Gasteiger partial charge on any atom is -0.496 e. The number of ether oxygens (including phenoxy) is 1. The third-order valence-corrected chi connectivity index (χ3v) is 5.36. The minimum absolute atomic E-state index is 0.199. The molecular formula is C19H23NO2S. The lowest BCUT2D eigenvalue weighted by atomic mass is 10.1. The van der Waals surface area contributed by atoms with Crippen LogP contribution in [0.3, 0.4) is 0 Å². The topological polar surface area (TPSA) is 29.5 Å². The maximum absolute atomic E-state index is 13.0. The van der Waals surface area contributed by atoms with Gasteiger partial charge >= 0.3 is 0 Å². The lowest BCUT2D eigenvalue weighted by Gasteiger charge is -2.26. The van der Waals surface area contributed by atoms with Gasteiger partial charge in [-0.2, -0.15) is 0 Å². The second kappa shape index (κ2) is 7.64. The molecule has 0 spiro atoms. The number of hydrogen-bond acceptors (Lipinski definition) is 3. The monoisotopic (exact) mass is 329 g/mol. The normalized spacial score (nSPS) is 14.8. The third kappa shape index (κ3) is 3.94. The van der Waals surface area contributed by atoms with Gasteiger partial charge in [0.05, 0.1) is 13.7 Å². The van der Waals surface area contributed by atoms with Gasteiger partial charge in [0.25, 0.3) is 0 Å². The number of carbonyl (C=O) groups is 1. The molecule has 1 fully saturated rings. The van der Waals surface area contributed by atoms with Crippen LogP contribution in [0.15, 0.2) is 41.8 Å². The Hall–Kier alpha value is -1.81. The van der Waals surface area contributed by atoms with E-state index in [1.54, 1.807) is 18.4 Å². The summed E-state index contributed by atoms with van der Waals surface area (Å²) in [6, 6.07) is 12.1. The van der Waals surface area contributed by atoms with Gasteiger partial charge in [0.15, 0.2) is 0 Å². The molecule has 4 heteroatoms. The molecule has 1 aliphatic carbocycles. The Morgan fingerprint density at radius 3 is 2.65 bits per heavy atom. The zero-order chi connectivity index (χ0) is 16.1. The zero-order valence-electron chi connectivity index (χ0n) is 13.5. The summed E-state index contributed by atoms with van der Waals surface area (Å²) in [5.74, 6) is 1.34. The fourth-order valence-electron chi connectivity index (χ4n) is 3.27. The summed E-state index contributed by atoms with van der Waals surface area (Å²) in [6.45, 7) is 1.29. The Bertz CT molecular complexity index is 633. The number of para-hydroxylation sites is 1. The van der Waals surface area contributed by atoms with Crippen molar-refractivity contribution < 1.29 is 9.53 Å². The van der Waals surface area contributed by atoms with Crippen LogP contribution >= 0.6 is 11.3 Å². The lowest BCUT2D eigenvalue weighted by Crippen LogP contribution is -2.34. The van der Waals surface area contributed by atoms with Crippen LogP contribution in [0.2, 0.25) is 0 Å². The Labute approximate surface area is 141 Å². The summed E-state index contributed by atoms with van der Waals surface area (Å²) in [6.07, 6.45) is 4.42. The van der Waals surface area contributed by atoms with Crippen LogP contribution in [0.4, 0.5) is 0 Å². The number of carbonyl (C=O) groups excluding carboxylic acids is 1. The van der Waals surface area contributed by atoms with Gasteiger partial charge in [0.1, 0.15) is 5.75 Å².